The minimum atomic E-state index is 0.179. The number of hydrogen-bond donors (Lipinski definition) is 2. The van der Waals surface area contributed by atoms with Crippen molar-refractivity contribution < 1.29 is 4.79 Å². The summed E-state index contributed by atoms with van der Waals surface area (Å²) in [7, 11) is 0. The van der Waals surface area contributed by atoms with Crippen LogP contribution in [0.5, 0.6) is 0 Å². The molecule has 1 aliphatic carbocycles. The quantitative estimate of drug-likeness (QED) is 0.688. The lowest BCUT2D eigenvalue weighted by Gasteiger charge is -2.10. The summed E-state index contributed by atoms with van der Waals surface area (Å²) < 4.78 is 2.16. The molecular weight excluding hydrogens is 226 g/mol. The molecule has 0 aromatic carbocycles. The zero-order valence-electron chi connectivity index (χ0n) is 11.1. The lowest BCUT2D eigenvalue weighted by atomic mass is 10.3. The van der Waals surface area contributed by atoms with Gasteiger partial charge in [-0.05, 0) is 37.9 Å². The molecule has 1 fully saturated rings. The zero-order chi connectivity index (χ0) is 12.8. The van der Waals surface area contributed by atoms with E-state index in [1.807, 2.05) is 12.3 Å². The molecule has 0 unspecified atom stereocenters. The molecule has 2 N–H and O–H groups in total. The van der Waals surface area contributed by atoms with Crippen molar-refractivity contribution in [1.29, 1.82) is 0 Å². The van der Waals surface area contributed by atoms with Gasteiger partial charge in [-0.3, -0.25) is 4.79 Å². The molecule has 1 heterocycles. The fourth-order valence-corrected chi connectivity index (χ4v) is 1.97. The molecule has 4 heteroatoms. The van der Waals surface area contributed by atoms with Gasteiger partial charge in [0, 0.05) is 37.4 Å². The Morgan fingerprint density at radius 3 is 3.06 bits per heavy atom. The van der Waals surface area contributed by atoms with Gasteiger partial charge in [-0.2, -0.15) is 0 Å². The third-order valence-corrected chi connectivity index (χ3v) is 3.18. The molecule has 1 aromatic heterocycles. The van der Waals surface area contributed by atoms with Crippen molar-refractivity contribution >= 4 is 5.91 Å². The topological polar surface area (TPSA) is 46.1 Å². The predicted molar refractivity (Wildman–Crippen MR) is 72.2 cm³/mol. The van der Waals surface area contributed by atoms with Crippen LogP contribution in [0.2, 0.25) is 0 Å². The second kappa shape index (κ2) is 6.59. The maximum atomic E-state index is 11.6. The van der Waals surface area contributed by atoms with Gasteiger partial charge < -0.3 is 15.2 Å². The van der Waals surface area contributed by atoms with E-state index in [4.69, 9.17) is 0 Å². The van der Waals surface area contributed by atoms with E-state index in [9.17, 15) is 4.79 Å². The van der Waals surface area contributed by atoms with Crippen molar-refractivity contribution in [3.63, 3.8) is 0 Å². The molecule has 0 saturated heterocycles. The second-order valence-electron chi connectivity index (χ2n) is 4.96. The molecule has 0 spiro atoms. The molecule has 0 atom stereocenters. The number of carbonyl (C=O) groups is 1. The van der Waals surface area contributed by atoms with E-state index in [0.717, 1.165) is 38.9 Å². The molecule has 1 amide bonds. The maximum Gasteiger partial charge on any atom is 0.222 e. The van der Waals surface area contributed by atoms with Gasteiger partial charge in [-0.15, -0.1) is 0 Å². The van der Waals surface area contributed by atoms with Crippen LogP contribution in [-0.4, -0.2) is 23.1 Å². The first-order valence-corrected chi connectivity index (χ1v) is 6.93. The average molecular weight is 249 g/mol. The number of rotatable bonds is 8. The summed E-state index contributed by atoms with van der Waals surface area (Å²) >= 11 is 0. The molecule has 0 aliphatic heterocycles. The summed E-state index contributed by atoms with van der Waals surface area (Å²) in [6, 6.07) is 4.62. The molecule has 18 heavy (non-hydrogen) atoms. The highest BCUT2D eigenvalue weighted by atomic mass is 16.1. The highest BCUT2D eigenvalue weighted by Crippen LogP contribution is 2.18. The van der Waals surface area contributed by atoms with Gasteiger partial charge in [0.05, 0.1) is 0 Å². The van der Waals surface area contributed by atoms with Gasteiger partial charge >= 0.3 is 0 Å². The lowest BCUT2D eigenvalue weighted by molar-refractivity contribution is -0.121. The third-order valence-electron chi connectivity index (χ3n) is 3.18. The van der Waals surface area contributed by atoms with Crippen molar-refractivity contribution in [1.82, 2.24) is 15.2 Å². The highest BCUT2D eigenvalue weighted by Gasteiger charge is 2.22. The van der Waals surface area contributed by atoms with E-state index in [1.165, 1.54) is 5.69 Å². The monoisotopic (exact) mass is 249 g/mol. The predicted octanol–water partition coefficient (Wildman–Crippen LogP) is 1.66. The Morgan fingerprint density at radius 1 is 1.50 bits per heavy atom. The molecule has 1 aliphatic rings. The fraction of sp³-hybridized carbons (Fsp3) is 0.643. The third kappa shape index (κ3) is 4.18. The summed E-state index contributed by atoms with van der Waals surface area (Å²) in [5.74, 6) is 0.179. The van der Waals surface area contributed by atoms with E-state index < -0.39 is 0 Å². The zero-order valence-corrected chi connectivity index (χ0v) is 11.1. The van der Waals surface area contributed by atoms with Crippen molar-refractivity contribution in [3.05, 3.63) is 24.0 Å². The van der Waals surface area contributed by atoms with Gasteiger partial charge in [-0.1, -0.05) is 6.92 Å². The SMILES string of the molecule is CCCNCc1cccn1CCC(=O)NC1CC1. The number of nitrogens with one attached hydrogen (secondary N) is 2. The van der Waals surface area contributed by atoms with E-state index in [-0.39, 0.29) is 5.91 Å². The average Bonchev–Trinajstić information content (AvgIpc) is 3.05. The van der Waals surface area contributed by atoms with Gasteiger partial charge in [0.1, 0.15) is 0 Å². The first kappa shape index (κ1) is 13.1. The first-order chi connectivity index (χ1) is 8.79. The van der Waals surface area contributed by atoms with Gasteiger partial charge in [-0.25, -0.2) is 0 Å². The maximum absolute atomic E-state index is 11.6. The number of aryl methyl sites for hydroxylation is 1. The van der Waals surface area contributed by atoms with Crippen LogP contribution in [0.15, 0.2) is 18.3 Å². The molecule has 0 bridgehead atoms. The number of nitrogens with zero attached hydrogens (tertiary/aromatic N) is 1. The molecule has 100 valence electrons. The van der Waals surface area contributed by atoms with Gasteiger partial charge in [0.2, 0.25) is 5.91 Å². The Hall–Kier alpha value is -1.29. The van der Waals surface area contributed by atoms with Crippen LogP contribution in [0.1, 0.15) is 38.3 Å². The lowest BCUT2D eigenvalue weighted by Crippen LogP contribution is -2.26. The molecular formula is C14H23N3O. The minimum Gasteiger partial charge on any atom is -0.353 e. The highest BCUT2D eigenvalue weighted by molar-refractivity contribution is 5.76. The summed E-state index contributed by atoms with van der Waals surface area (Å²) in [6.45, 7) is 4.85. The summed E-state index contributed by atoms with van der Waals surface area (Å²) in [4.78, 5) is 11.6. The van der Waals surface area contributed by atoms with Crippen LogP contribution in [-0.2, 0) is 17.9 Å². The van der Waals surface area contributed by atoms with Gasteiger partial charge in [0.15, 0.2) is 0 Å². The van der Waals surface area contributed by atoms with Crippen LogP contribution < -0.4 is 10.6 Å². The van der Waals surface area contributed by atoms with Crippen molar-refractivity contribution in [3.8, 4) is 0 Å². The van der Waals surface area contributed by atoms with Crippen LogP contribution in [0, 0.1) is 0 Å². The number of amides is 1. The number of hydrogen-bond acceptors (Lipinski definition) is 2. The normalized spacial score (nSPS) is 14.7. The van der Waals surface area contributed by atoms with Crippen molar-refractivity contribution in [2.24, 2.45) is 0 Å². The van der Waals surface area contributed by atoms with Crippen LogP contribution in [0.3, 0.4) is 0 Å². The largest absolute Gasteiger partial charge is 0.353 e. The van der Waals surface area contributed by atoms with E-state index in [0.29, 0.717) is 12.5 Å². The summed E-state index contributed by atoms with van der Waals surface area (Å²) in [5.41, 5.74) is 1.25. The summed E-state index contributed by atoms with van der Waals surface area (Å²) in [6.07, 6.45) is 6.08. The van der Waals surface area contributed by atoms with E-state index >= 15 is 0 Å². The Morgan fingerprint density at radius 2 is 2.33 bits per heavy atom. The Bertz CT molecular complexity index is 382. The van der Waals surface area contributed by atoms with Crippen molar-refractivity contribution in [2.45, 2.75) is 51.7 Å². The Balaban J connectivity index is 1.73. The molecule has 0 radical (unpaired) electrons. The van der Waals surface area contributed by atoms with Crippen LogP contribution in [0.25, 0.3) is 0 Å². The molecule has 1 saturated carbocycles. The fourth-order valence-electron chi connectivity index (χ4n) is 1.97. The molecule has 4 nitrogen and oxygen atoms in total. The Kier molecular flexibility index (Phi) is 4.81. The van der Waals surface area contributed by atoms with E-state index in [1.54, 1.807) is 0 Å². The van der Waals surface area contributed by atoms with E-state index in [2.05, 4.69) is 28.2 Å². The van der Waals surface area contributed by atoms with Crippen LogP contribution >= 0.6 is 0 Å². The minimum absolute atomic E-state index is 0.179. The summed E-state index contributed by atoms with van der Waals surface area (Å²) in [5, 5.41) is 6.41. The number of carbonyl (C=O) groups excluding carboxylic acids is 1. The second-order valence-corrected chi connectivity index (χ2v) is 4.96. The Labute approximate surface area is 109 Å². The number of aromatic nitrogens is 1. The first-order valence-electron chi connectivity index (χ1n) is 6.93. The van der Waals surface area contributed by atoms with Crippen LogP contribution in [0.4, 0.5) is 0 Å². The van der Waals surface area contributed by atoms with Crippen molar-refractivity contribution in [2.75, 3.05) is 6.54 Å². The molecule has 2 rings (SSSR count). The smallest absolute Gasteiger partial charge is 0.222 e. The standard InChI is InChI=1S/C14H23N3O/c1-2-8-15-11-13-4-3-9-17(13)10-7-14(18)16-12-5-6-12/h3-4,9,12,15H,2,5-8,10-11H2,1H3,(H,16,18). The molecule has 1 aromatic rings. The van der Waals surface area contributed by atoms with Gasteiger partial charge in [0.25, 0.3) is 0 Å².